The molecule has 0 bridgehead atoms. The van der Waals surface area contributed by atoms with Crippen LogP contribution in [-0.4, -0.2) is 24.0 Å². The van der Waals surface area contributed by atoms with Crippen molar-refractivity contribution in [3.63, 3.8) is 0 Å². The highest BCUT2D eigenvalue weighted by Crippen LogP contribution is 2.10. The fourth-order valence-electron chi connectivity index (χ4n) is 1.71. The van der Waals surface area contributed by atoms with Gasteiger partial charge in [0.25, 0.3) is 0 Å². The molecule has 0 fully saturated rings. The van der Waals surface area contributed by atoms with E-state index in [0.29, 0.717) is 18.5 Å². The third-order valence-corrected chi connectivity index (χ3v) is 2.33. The molecule has 0 aliphatic carbocycles. The lowest BCUT2D eigenvalue weighted by Gasteiger charge is -2.29. The number of hydrogen-bond donors (Lipinski definition) is 0. The minimum absolute atomic E-state index is 0.574. The van der Waals surface area contributed by atoms with Crippen molar-refractivity contribution in [1.82, 2.24) is 4.90 Å². The van der Waals surface area contributed by atoms with E-state index in [1.54, 1.807) is 0 Å². The van der Waals surface area contributed by atoms with Crippen LogP contribution in [0.2, 0.25) is 0 Å². The van der Waals surface area contributed by atoms with Crippen LogP contribution in [0.4, 0.5) is 0 Å². The summed E-state index contributed by atoms with van der Waals surface area (Å²) in [5.74, 6) is 0.647. The van der Waals surface area contributed by atoms with Gasteiger partial charge in [-0.25, -0.2) is 0 Å². The summed E-state index contributed by atoms with van der Waals surface area (Å²) >= 11 is 0. The first kappa shape index (κ1) is 12.4. The Bertz CT molecular complexity index is 154. The topological polar surface area (TPSA) is 27.0 Å². The summed E-state index contributed by atoms with van der Waals surface area (Å²) in [6.45, 7) is 10.4. The molecule has 0 N–H and O–H groups in total. The van der Waals surface area contributed by atoms with Gasteiger partial charge in [0.2, 0.25) is 0 Å². The van der Waals surface area contributed by atoms with Gasteiger partial charge in [-0.1, -0.05) is 27.7 Å². The Morgan fingerprint density at radius 1 is 1.23 bits per heavy atom. The van der Waals surface area contributed by atoms with Crippen molar-refractivity contribution in [2.24, 2.45) is 5.92 Å². The van der Waals surface area contributed by atoms with Crippen LogP contribution < -0.4 is 0 Å². The van der Waals surface area contributed by atoms with Gasteiger partial charge in [0.05, 0.1) is 12.6 Å². The largest absolute Gasteiger partial charge is 0.287 e. The van der Waals surface area contributed by atoms with E-state index >= 15 is 0 Å². The summed E-state index contributed by atoms with van der Waals surface area (Å²) < 4.78 is 0. The van der Waals surface area contributed by atoms with E-state index in [0.717, 1.165) is 19.4 Å². The van der Waals surface area contributed by atoms with Crippen LogP contribution >= 0.6 is 0 Å². The Hall–Kier alpha value is -0.550. The lowest BCUT2D eigenvalue weighted by molar-refractivity contribution is 0.187. The third-order valence-electron chi connectivity index (χ3n) is 2.33. The average Bonchev–Trinajstić information content (AvgIpc) is 2.05. The second-order valence-electron chi connectivity index (χ2n) is 3.95. The molecular weight excluding hydrogens is 160 g/mol. The molecule has 0 atom stereocenters. The van der Waals surface area contributed by atoms with Gasteiger partial charge < -0.3 is 0 Å². The Kier molecular flexibility index (Phi) is 6.62. The minimum atomic E-state index is 0.574. The number of hydrogen-bond acceptors (Lipinski definition) is 2. The Morgan fingerprint density at radius 2 is 1.77 bits per heavy atom. The summed E-state index contributed by atoms with van der Waals surface area (Å²) in [7, 11) is 0. The molecule has 2 heteroatoms. The fraction of sp³-hybridized carbons (Fsp3) is 0.909. The Morgan fingerprint density at radius 3 is 2.08 bits per heavy atom. The lowest BCUT2D eigenvalue weighted by Crippen LogP contribution is -2.37. The average molecular weight is 182 g/mol. The Balaban J connectivity index is 4.13. The first-order valence-corrected chi connectivity index (χ1v) is 5.26. The summed E-state index contributed by atoms with van der Waals surface area (Å²) in [5.41, 5.74) is 0. The van der Waals surface area contributed by atoms with Gasteiger partial charge >= 0.3 is 0 Å². The van der Waals surface area contributed by atoms with Gasteiger partial charge in [0, 0.05) is 12.6 Å². The zero-order valence-electron chi connectivity index (χ0n) is 9.38. The zero-order chi connectivity index (χ0) is 10.3. The summed E-state index contributed by atoms with van der Waals surface area (Å²) in [5, 5.41) is 8.70. The highest BCUT2D eigenvalue weighted by Gasteiger charge is 2.15. The standard InChI is InChI=1S/C11H22N2/c1-5-11(6-2)13(8-7-12)9-10(3)4/h10-11H,5-6,8-9H2,1-4H3. The van der Waals surface area contributed by atoms with Crippen LogP contribution in [0, 0.1) is 17.2 Å². The normalized spacial score (nSPS) is 11.2. The molecule has 0 rings (SSSR count). The molecule has 0 aliphatic rings. The van der Waals surface area contributed by atoms with E-state index in [4.69, 9.17) is 5.26 Å². The van der Waals surface area contributed by atoms with Crippen LogP contribution in [0.25, 0.3) is 0 Å². The predicted octanol–water partition coefficient (Wildman–Crippen LogP) is 2.66. The van der Waals surface area contributed by atoms with Crippen LogP contribution in [-0.2, 0) is 0 Å². The molecule has 76 valence electrons. The second kappa shape index (κ2) is 6.91. The number of rotatable bonds is 6. The molecule has 0 radical (unpaired) electrons. The van der Waals surface area contributed by atoms with E-state index in [1.807, 2.05) is 0 Å². The maximum absolute atomic E-state index is 8.70. The molecule has 2 nitrogen and oxygen atoms in total. The van der Waals surface area contributed by atoms with E-state index in [1.165, 1.54) is 0 Å². The van der Waals surface area contributed by atoms with E-state index < -0.39 is 0 Å². The maximum atomic E-state index is 8.70. The maximum Gasteiger partial charge on any atom is 0.0868 e. The summed E-state index contributed by atoms with van der Waals surface area (Å²) in [4.78, 5) is 2.30. The molecule has 0 saturated heterocycles. The molecule has 0 saturated carbocycles. The second-order valence-corrected chi connectivity index (χ2v) is 3.95. The van der Waals surface area contributed by atoms with Crippen LogP contribution in [0.3, 0.4) is 0 Å². The van der Waals surface area contributed by atoms with Crippen molar-refractivity contribution >= 4 is 0 Å². The van der Waals surface area contributed by atoms with Crippen molar-refractivity contribution in [3.8, 4) is 6.07 Å². The van der Waals surface area contributed by atoms with Crippen LogP contribution in [0.1, 0.15) is 40.5 Å². The van der Waals surface area contributed by atoms with Gasteiger partial charge in [0.1, 0.15) is 0 Å². The van der Waals surface area contributed by atoms with Gasteiger partial charge in [-0.05, 0) is 18.8 Å². The first-order valence-electron chi connectivity index (χ1n) is 5.26. The van der Waals surface area contributed by atoms with Crippen molar-refractivity contribution in [1.29, 1.82) is 5.26 Å². The van der Waals surface area contributed by atoms with Crippen molar-refractivity contribution < 1.29 is 0 Å². The number of nitrogens with zero attached hydrogens (tertiary/aromatic N) is 2. The molecule has 0 aromatic heterocycles. The summed E-state index contributed by atoms with van der Waals surface area (Å²) in [6.07, 6.45) is 2.29. The molecule has 0 spiro atoms. The zero-order valence-corrected chi connectivity index (χ0v) is 9.38. The van der Waals surface area contributed by atoms with Crippen LogP contribution in [0.15, 0.2) is 0 Å². The third kappa shape index (κ3) is 4.90. The Labute approximate surface area is 82.5 Å². The first-order chi connectivity index (χ1) is 6.15. The van der Waals surface area contributed by atoms with Crippen molar-refractivity contribution in [3.05, 3.63) is 0 Å². The predicted molar refractivity (Wildman–Crippen MR) is 56.4 cm³/mol. The lowest BCUT2D eigenvalue weighted by atomic mass is 10.1. The SMILES string of the molecule is CCC(CC)N(CC#N)CC(C)C. The van der Waals surface area contributed by atoms with Crippen LogP contribution in [0.5, 0.6) is 0 Å². The molecule has 0 aromatic rings. The highest BCUT2D eigenvalue weighted by molar-refractivity contribution is 4.81. The minimum Gasteiger partial charge on any atom is -0.287 e. The van der Waals surface area contributed by atoms with E-state index in [2.05, 4.69) is 38.7 Å². The van der Waals surface area contributed by atoms with Gasteiger partial charge in [-0.15, -0.1) is 0 Å². The molecule has 13 heavy (non-hydrogen) atoms. The molecule has 0 aliphatic heterocycles. The van der Waals surface area contributed by atoms with E-state index in [9.17, 15) is 0 Å². The highest BCUT2D eigenvalue weighted by atomic mass is 15.1. The monoisotopic (exact) mass is 182 g/mol. The van der Waals surface area contributed by atoms with Crippen molar-refractivity contribution in [2.75, 3.05) is 13.1 Å². The molecule has 0 amide bonds. The molecule has 0 unspecified atom stereocenters. The molecule has 0 aromatic carbocycles. The van der Waals surface area contributed by atoms with Gasteiger partial charge in [-0.3, -0.25) is 4.90 Å². The van der Waals surface area contributed by atoms with Gasteiger partial charge in [0.15, 0.2) is 0 Å². The van der Waals surface area contributed by atoms with E-state index in [-0.39, 0.29) is 0 Å². The molecule has 0 heterocycles. The quantitative estimate of drug-likeness (QED) is 0.590. The smallest absolute Gasteiger partial charge is 0.0868 e. The number of nitriles is 1. The summed E-state index contributed by atoms with van der Waals surface area (Å²) in [6, 6.07) is 2.83. The fourth-order valence-corrected chi connectivity index (χ4v) is 1.71. The van der Waals surface area contributed by atoms with Crippen molar-refractivity contribution in [2.45, 2.75) is 46.6 Å². The molecular formula is C11H22N2. The van der Waals surface area contributed by atoms with Gasteiger partial charge in [-0.2, -0.15) is 5.26 Å².